The van der Waals surface area contributed by atoms with Gasteiger partial charge in [-0.1, -0.05) is 24.3 Å². The quantitative estimate of drug-likeness (QED) is 0.426. The predicted octanol–water partition coefficient (Wildman–Crippen LogP) is 4.49. The summed E-state index contributed by atoms with van der Waals surface area (Å²) in [7, 11) is 1.51. The number of carbonyl (C=O) groups excluding carboxylic acids is 1. The minimum atomic E-state index is -4.51. The lowest BCUT2D eigenvalue weighted by atomic mass is 9.78. The van der Waals surface area contributed by atoms with Gasteiger partial charge in [-0.2, -0.15) is 18.4 Å². The average Bonchev–Trinajstić information content (AvgIpc) is 3.24. The summed E-state index contributed by atoms with van der Waals surface area (Å²) in [5.74, 6) is -1.37. The van der Waals surface area contributed by atoms with Crippen LogP contribution in [0.5, 0.6) is 0 Å². The van der Waals surface area contributed by atoms with E-state index in [1.807, 2.05) is 0 Å². The predicted molar refractivity (Wildman–Crippen MR) is 137 cm³/mol. The van der Waals surface area contributed by atoms with Gasteiger partial charge in [0.1, 0.15) is 6.10 Å². The molecule has 1 heterocycles. The second-order valence-electron chi connectivity index (χ2n) is 10.4. The summed E-state index contributed by atoms with van der Waals surface area (Å²) in [6.45, 7) is 3.98. The van der Waals surface area contributed by atoms with Gasteiger partial charge in [-0.05, 0) is 49.2 Å². The van der Waals surface area contributed by atoms with Crippen LogP contribution in [0.1, 0.15) is 48.9 Å². The molecule has 216 valence electrons. The number of ether oxygens (including phenoxy) is 5. The van der Waals surface area contributed by atoms with E-state index in [0.717, 1.165) is 17.7 Å². The van der Waals surface area contributed by atoms with Crippen molar-refractivity contribution in [2.45, 2.75) is 75.8 Å². The van der Waals surface area contributed by atoms with Gasteiger partial charge in [0.25, 0.3) is 5.91 Å². The molecule has 1 N–H and O–H groups in total. The van der Waals surface area contributed by atoms with E-state index in [1.165, 1.54) is 19.2 Å². The van der Waals surface area contributed by atoms with Crippen molar-refractivity contribution in [3.05, 3.63) is 70.8 Å². The molecule has 2 aromatic rings. The molecule has 4 rings (SSSR count). The molecule has 8 nitrogen and oxygen atoms in total. The molecule has 40 heavy (non-hydrogen) atoms. The first kappa shape index (κ1) is 30.0. The van der Waals surface area contributed by atoms with Crippen LogP contribution in [0, 0.1) is 11.3 Å². The van der Waals surface area contributed by atoms with Gasteiger partial charge in [-0.3, -0.25) is 4.79 Å². The molecule has 11 heteroatoms. The maximum atomic E-state index is 13.6. The van der Waals surface area contributed by atoms with Gasteiger partial charge in [-0.25, -0.2) is 0 Å². The van der Waals surface area contributed by atoms with E-state index >= 15 is 0 Å². The summed E-state index contributed by atoms with van der Waals surface area (Å²) < 4.78 is 69.8. The Balaban J connectivity index is 1.60. The highest BCUT2D eigenvalue weighted by molar-refractivity contribution is 5.85. The van der Waals surface area contributed by atoms with Crippen LogP contribution in [0.2, 0.25) is 0 Å². The molecule has 1 aliphatic carbocycles. The molecule has 1 saturated heterocycles. The van der Waals surface area contributed by atoms with Crippen molar-refractivity contribution < 1.29 is 41.7 Å². The second-order valence-corrected chi connectivity index (χ2v) is 10.4. The first-order chi connectivity index (χ1) is 18.9. The summed E-state index contributed by atoms with van der Waals surface area (Å²) in [5, 5.41) is 11.9. The van der Waals surface area contributed by atoms with Crippen LogP contribution in [0.15, 0.2) is 48.5 Å². The number of amides is 1. The van der Waals surface area contributed by atoms with E-state index in [0.29, 0.717) is 5.56 Å². The Morgan fingerprint density at radius 3 is 2.52 bits per heavy atom. The molecule has 0 spiro atoms. The monoisotopic (exact) mass is 562 g/mol. The Kier molecular flexibility index (Phi) is 9.17. The van der Waals surface area contributed by atoms with Crippen molar-refractivity contribution in [2.75, 3.05) is 20.3 Å². The fourth-order valence-electron chi connectivity index (χ4n) is 5.07. The summed E-state index contributed by atoms with van der Waals surface area (Å²) in [5.41, 5.74) is -0.652. The van der Waals surface area contributed by atoms with Crippen LogP contribution in [0.4, 0.5) is 13.2 Å². The summed E-state index contributed by atoms with van der Waals surface area (Å²) >= 11 is 0. The molecular formula is C29H33F3N2O6. The lowest BCUT2D eigenvalue weighted by Gasteiger charge is -2.43. The van der Waals surface area contributed by atoms with Crippen molar-refractivity contribution >= 4 is 5.91 Å². The molecule has 1 aliphatic heterocycles. The highest BCUT2D eigenvalue weighted by Crippen LogP contribution is 2.44. The molecule has 2 aliphatic rings. The second kappa shape index (κ2) is 12.2. The van der Waals surface area contributed by atoms with Crippen LogP contribution in [-0.2, 0) is 47.9 Å². The van der Waals surface area contributed by atoms with Crippen molar-refractivity contribution in [3.8, 4) is 6.07 Å². The lowest BCUT2D eigenvalue weighted by molar-refractivity contribution is -0.183. The number of fused-ring (bicyclic) bond motifs is 1. The van der Waals surface area contributed by atoms with E-state index in [2.05, 4.69) is 11.4 Å². The van der Waals surface area contributed by atoms with Gasteiger partial charge < -0.3 is 29.0 Å². The number of methoxy groups -OCH3 is 1. The molecule has 2 fully saturated rings. The number of nitrogens with one attached hydrogen (secondary N) is 1. The lowest BCUT2D eigenvalue weighted by Crippen LogP contribution is -2.60. The zero-order valence-corrected chi connectivity index (χ0v) is 22.6. The van der Waals surface area contributed by atoms with E-state index in [4.69, 9.17) is 28.9 Å². The van der Waals surface area contributed by atoms with E-state index in [-0.39, 0.29) is 44.8 Å². The number of hydrogen-bond acceptors (Lipinski definition) is 7. The van der Waals surface area contributed by atoms with Crippen molar-refractivity contribution in [2.24, 2.45) is 0 Å². The van der Waals surface area contributed by atoms with Crippen LogP contribution < -0.4 is 5.32 Å². The fraction of sp³-hybridized carbons (Fsp3) is 0.517. The van der Waals surface area contributed by atoms with Gasteiger partial charge in [0.15, 0.2) is 11.4 Å². The summed E-state index contributed by atoms with van der Waals surface area (Å²) in [6.07, 6.45) is -5.99. The normalized spacial score (nSPS) is 25.7. The van der Waals surface area contributed by atoms with Crippen LogP contribution in [-0.4, -0.2) is 55.9 Å². The molecule has 2 aromatic carbocycles. The standard InChI is InChI=1S/C29H33F3N2O6/c1-27(2)39-24-15-28(26(35)34-11-12-36-3,38-18-21-5-4-6-22(13-21)29(30,31)32)14-23(25(24)40-27)37-17-20-9-7-19(16-33)8-10-20/h4-10,13,23-25H,11-12,14-15,17-18H2,1-3H3,(H,34,35)/t23?,24-,25+,28-/m1/s1. The van der Waals surface area contributed by atoms with Gasteiger partial charge in [0.2, 0.25) is 0 Å². The van der Waals surface area contributed by atoms with E-state index in [1.54, 1.807) is 38.1 Å². The summed E-state index contributed by atoms with van der Waals surface area (Å²) in [6, 6.07) is 13.8. The summed E-state index contributed by atoms with van der Waals surface area (Å²) in [4.78, 5) is 13.6. The molecule has 0 bridgehead atoms. The minimum Gasteiger partial charge on any atom is -0.383 e. The van der Waals surface area contributed by atoms with Crippen LogP contribution in [0.3, 0.4) is 0 Å². The average molecular weight is 563 g/mol. The SMILES string of the molecule is COCCNC(=O)[C@@]1(OCc2cccc(C(F)(F)F)c2)CC(OCc2ccc(C#N)cc2)[C@@H]2OC(C)(C)O[C@@H]2C1. The maximum Gasteiger partial charge on any atom is 0.416 e. The first-order valence-electron chi connectivity index (χ1n) is 13.0. The van der Waals surface area contributed by atoms with E-state index < -0.39 is 47.3 Å². The van der Waals surface area contributed by atoms with Crippen LogP contribution in [0.25, 0.3) is 0 Å². The first-order valence-corrected chi connectivity index (χ1v) is 13.0. The number of benzene rings is 2. The fourth-order valence-corrected chi connectivity index (χ4v) is 5.07. The Hall–Kier alpha value is -3.01. The molecule has 4 atom stereocenters. The van der Waals surface area contributed by atoms with E-state index in [9.17, 15) is 18.0 Å². The zero-order chi connectivity index (χ0) is 29.0. The smallest absolute Gasteiger partial charge is 0.383 e. The molecule has 0 radical (unpaired) electrons. The third kappa shape index (κ3) is 7.19. The molecule has 1 unspecified atom stereocenters. The third-order valence-corrected chi connectivity index (χ3v) is 6.97. The van der Waals surface area contributed by atoms with Gasteiger partial charge in [0.05, 0.1) is 49.2 Å². The Morgan fingerprint density at radius 2 is 1.85 bits per heavy atom. The Morgan fingerprint density at radius 1 is 1.10 bits per heavy atom. The topological polar surface area (TPSA) is 99.0 Å². The number of halogens is 3. The largest absolute Gasteiger partial charge is 0.416 e. The van der Waals surface area contributed by atoms with Gasteiger partial charge in [-0.15, -0.1) is 0 Å². The number of nitriles is 1. The van der Waals surface area contributed by atoms with Crippen molar-refractivity contribution in [3.63, 3.8) is 0 Å². The van der Waals surface area contributed by atoms with Gasteiger partial charge >= 0.3 is 6.18 Å². The third-order valence-electron chi connectivity index (χ3n) is 6.97. The highest BCUT2D eigenvalue weighted by Gasteiger charge is 2.58. The van der Waals surface area contributed by atoms with Crippen molar-refractivity contribution in [1.82, 2.24) is 5.32 Å². The zero-order valence-electron chi connectivity index (χ0n) is 22.6. The van der Waals surface area contributed by atoms with Crippen molar-refractivity contribution in [1.29, 1.82) is 5.26 Å². The number of hydrogen-bond donors (Lipinski definition) is 1. The Bertz CT molecular complexity index is 1210. The Labute approximate surface area is 231 Å². The molecule has 0 aromatic heterocycles. The molecular weight excluding hydrogens is 529 g/mol. The number of alkyl halides is 3. The van der Waals surface area contributed by atoms with Crippen LogP contribution >= 0.6 is 0 Å². The number of rotatable bonds is 10. The molecule has 1 saturated carbocycles. The number of carbonyl (C=O) groups is 1. The maximum absolute atomic E-state index is 13.6. The highest BCUT2D eigenvalue weighted by atomic mass is 19.4. The van der Waals surface area contributed by atoms with Gasteiger partial charge in [0, 0.05) is 26.5 Å². The number of nitrogens with zero attached hydrogens (tertiary/aromatic N) is 1. The molecule has 1 amide bonds. The minimum absolute atomic E-state index is 0.0850.